The smallest absolute Gasteiger partial charge is 0.254 e. The summed E-state index contributed by atoms with van der Waals surface area (Å²) in [7, 11) is 0. The molecule has 1 aromatic heterocycles. The molecule has 2 amide bonds. The fraction of sp³-hybridized carbons (Fsp3) is 0.458. The highest BCUT2D eigenvalue weighted by atomic mass is 32.2. The minimum Gasteiger partial charge on any atom is -0.356 e. The number of carbonyl (C=O) groups is 2. The third-order valence-corrected chi connectivity index (χ3v) is 7.38. The lowest BCUT2D eigenvalue weighted by Gasteiger charge is -2.33. The molecule has 1 saturated carbocycles. The molecule has 30 heavy (non-hydrogen) atoms. The number of carbonyl (C=O) groups excluding carboxylic acids is 2. The Kier molecular flexibility index (Phi) is 6.42. The van der Waals surface area contributed by atoms with Gasteiger partial charge in [0.05, 0.1) is 5.56 Å². The molecule has 5 nitrogen and oxygen atoms in total. The minimum absolute atomic E-state index is 0.116. The van der Waals surface area contributed by atoms with Crippen molar-refractivity contribution >= 4 is 23.6 Å². The molecule has 1 saturated heterocycles. The first kappa shape index (κ1) is 20.9. The van der Waals surface area contributed by atoms with Crippen molar-refractivity contribution in [1.29, 1.82) is 0 Å². The van der Waals surface area contributed by atoms with Crippen molar-refractivity contribution in [3.05, 3.63) is 59.9 Å². The molecule has 0 radical (unpaired) electrons. The van der Waals surface area contributed by atoms with E-state index >= 15 is 0 Å². The van der Waals surface area contributed by atoms with Crippen LogP contribution in [-0.2, 0) is 11.2 Å². The van der Waals surface area contributed by atoms with Gasteiger partial charge in [-0.25, -0.2) is 0 Å². The molecule has 4 rings (SSSR count). The van der Waals surface area contributed by atoms with Crippen molar-refractivity contribution in [2.45, 2.75) is 37.0 Å². The number of rotatable bonds is 7. The molecule has 1 aliphatic carbocycles. The average Bonchev–Trinajstić information content (AvgIpc) is 3.50. The van der Waals surface area contributed by atoms with E-state index in [-0.39, 0.29) is 23.1 Å². The molecule has 6 heteroatoms. The number of pyridine rings is 1. The topological polar surface area (TPSA) is 62.3 Å². The summed E-state index contributed by atoms with van der Waals surface area (Å²) >= 11 is 1.61. The summed E-state index contributed by atoms with van der Waals surface area (Å²) in [6.07, 6.45) is 10.3. The Morgan fingerprint density at radius 3 is 2.63 bits per heavy atom. The first-order chi connectivity index (χ1) is 14.6. The molecular weight excluding hydrogens is 394 g/mol. The molecular formula is C24H29N3O2S. The van der Waals surface area contributed by atoms with Crippen LogP contribution in [0.1, 0.15) is 41.6 Å². The highest BCUT2D eigenvalue weighted by Gasteiger charge is 2.58. The number of thioether (sulfide) groups is 1. The van der Waals surface area contributed by atoms with Gasteiger partial charge < -0.3 is 10.2 Å². The highest BCUT2D eigenvalue weighted by molar-refractivity contribution is 7.98. The Bertz CT molecular complexity index is 894. The molecule has 2 aromatic rings. The Hall–Kier alpha value is -2.34. The molecule has 2 heterocycles. The fourth-order valence-corrected chi connectivity index (χ4v) is 5.18. The van der Waals surface area contributed by atoms with Gasteiger partial charge in [0.1, 0.15) is 0 Å². The van der Waals surface area contributed by atoms with Crippen LogP contribution in [0.25, 0.3) is 0 Å². The van der Waals surface area contributed by atoms with E-state index in [4.69, 9.17) is 0 Å². The van der Waals surface area contributed by atoms with E-state index in [1.54, 1.807) is 24.2 Å². The van der Waals surface area contributed by atoms with Gasteiger partial charge in [0, 0.05) is 42.8 Å². The van der Waals surface area contributed by atoms with Crippen LogP contribution in [0.2, 0.25) is 0 Å². The molecule has 1 spiro atoms. The molecule has 1 aliphatic heterocycles. The Morgan fingerprint density at radius 2 is 1.90 bits per heavy atom. The number of hydrogen-bond acceptors (Lipinski definition) is 4. The second-order valence-corrected chi connectivity index (χ2v) is 9.21. The number of likely N-dealkylation sites (tertiary alicyclic amines) is 1. The minimum atomic E-state index is 0.116. The standard InChI is InChI=1S/C24H29N3O2S/c1-30-21-7-3-2-6-19(21)23(29)27-15-10-24(11-16-27)17-20(24)22(28)26-12-4-5-18-8-13-25-14-9-18/h2-3,6-9,13-14,20H,4-5,10-12,15-17H2,1H3,(H,26,28). The number of hydrogen-bond donors (Lipinski definition) is 1. The summed E-state index contributed by atoms with van der Waals surface area (Å²) in [6.45, 7) is 2.20. The number of piperidine rings is 1. The van der Waals surface area contributed by atoms with E-state index in [0.717, 1.165) is 55.7 Å². The zero-order valence-corrected chi connectivity index (χ0v) is 18.3. The SMILES string of the molecule is CSc1ccccc1C(=O)N1CCC2(CC1)CC2C(=O)NCCCc1ccncc1. The van der Waals surface area contributed by atoms with Crippen LogP contribution in [-0.4, -0.2) is 47.6 Å². The second kappa shape index (κ2) is 9.21. The molecule has 1 atom stereocenters. The predicted octanol–water partition coefficient (Wildman–Crippen LogP) is 3.79. The van der Waals surface area contributed by atoms with Crippen molar-refractivity contribution in [2.24, 2.45) is 11.3 Å². The lowest BCUT2D eigenvalue weighted by Crippen LogP contribution is -2.40. The van der Waals surface area contributed by atoms with E-state index in [2.05, 4.69) is 10.3 Å². The average molecular weight is 424 g/mol. The summed E-state index contributed by atoms with van der Waals surface area (Å²) in [5.41, 5.74) is 2.16. The fourth-order valence-electron chi connectivity index (χ4n) is 4.59. The first-order valence-corrected chi connectivity index (χ1v) is 11.9. The van der Waals surface area contributed by atoms with Crippen LogP contribution in [0.5, 0.6) is 0 Å². The van der Waals surface area contributed by atoms with Crippen LogP contribution in [0.4, 0.5) is 0 Å². The number of aryl methyl sites for hydroxylation is 1. The largest absolute Gasteiger partial charge is 0.356 e. The van der Waals surface area contributed by atoms with Crippen LogP contribution >= 0.6 is 11.8 Å². The predicted molar refractivity (Wildman–Crippen MR) is 119 cm³/mol. The molecule has 1 aromatic carbocycles. The first-order valence-electron chi connectivity index (χ1n) is 10.7. The molecule has 1 N–H and O–H groups in total. The van der Waals surface area contributed by atoms with E-state index in [0.29, 0.717) is 6.54 Å². The van der Waals surface area contributed by atoms with Crippen molar-refractivity contribution in [3.63, 3.8) is 0 Å². The quantitative estimate of drug-likeness (QED) is 0.544. The summed E-state index contributed by atoms with van der Waals surface area (Å²) in [5, 5.41) is 3.12. The molecule has 1 unspecified atom stereocenters. The third kappa shape index (κ3) is 4.53. The van der Waals surface area contributed by atoms with E-state index in [1.807, 2.05) is 47.6 Å². The lowest BCUT2D eigenvalue weighted by molar-refractivity contribution is -0.123. The number of benzene rings is 1. The zero-order valence-electron chi connectivity index (χ0n) is 17.5. The number of aromatic nitrogens is 1. The van der Waals surface area contributed by atoms with Gasteiger partial charge in [0.15, 0.2) is 0 Å². The summed E-state index contributed by atoms with van der Waals surface area (Å²) in [4.78, 5) is 32.6. The summed E-state index contributed by atoms with van der Waals surface area (Å²) in [5.74, 6) is 0.430. The van der Waals surface area contributed by atoms with Gasteiger partial charge in [-0.3, -0.25) is 14.6 Å². The highest BCUT2D eigenvalue weighted by Crippen LogP contribution is 2.59. The van der Waals surface area contributed by atoms with Gasteiger partial charge in [-0.15, -0.1) is 11.8 Å². The van der Waals surface area contributed by atoms with Crippen molar-refractivity contribution in [1.82, 2.24) is 15.2 Å². The van der Waals surface area contributed by atoms with Gasteiger partial charge in [-0.05, 0) is 73.6 Å². The van der Waals surface area contributed by atoms with E-state index < -0.39 is 0 Å². The number of nitrogens with zero attached hydrogens (tertiary/aromatic N) is 2. The monoisotopic (exact) mass is 423 g/mol. The third-order valence-electron chi connectivity index (χ3n) is 6.58. The summed E-state index contributed by atoms with van der Waals surface area (Å²) < 4.78 is 0. The zero-order chi connectivity index (χ0) is 21.0. The van der Waals surface area contributed by atoms with E-state index in [9.17, 15) is 9.59 Å². The number of amides is 2. The maximum atomic E-state index is 12.9. The van der Waals surface area contributed by atoms with Gasteiger partial charge >= 0.3 is 0 Å². The molecule has 2 aliphatic rings. The van der Waals surface area contributed by atoms with Crippen LogP contribution in [0, 0.1) is 11.3 Å². The van der Waals surface area contributed by atoms with Gasteiger partial charge in [0.2, 0.25) is 5.91 Å². The normalized spacial score (nSPS) is 19.5. The Morgan fingerprint density at radius 1 is 1.17 bits per heavy atom. The molecule has 2 fully saturated rings. The maximum absolute atomic E-state index is 12.9. The molecule has 158 valence electrons. The van der Waals surface area contributed by atoms with Crippen molar-refractivity contribution in [3.8, 4) is 0 Å². The number of nitrogens with one attached hydrogen (secondary N) is 1. The lowest BCUT2D eigenvalue weighted by atomic mass is 9.90. The Labute approximate surface area is 182 Å². The van der Waals surface area contributed by atoms with Gasteiger partial charge in [-0.2, -0.15) is 0 Å². The van der Waals surface area contributed by atoms with E-state index in [1.165, 1.54) is 5.56 Å². The van der Waals surface area contributed by atoms with Crippen molar-refractivity contribution < 1.29 is 9.59 Å². The van der Waals surface area contributed by atoms with Gasteiger partial charge in [-0.1, -0.05) is 12.1 Å². The van der Waals surface area contributed by atoms with Crippen LogP contribution in [0.15, 0.2) is 53.7 Å². The van der Waals surface area contributed by atoms with Crippen LogP contribution < -0.4 is 5.32 Å². The van der Waals surface area contributed by atoms with Crippen molar-refractivity contribution in [2.75, 3.05) is 25.9 Å². The second-order valence-electron chi connectivity index (χ2n) is 8.36. The van der Waals surface area contributed by atoms with Crippen LogP contribution in [0.3, 0.4) is 0 Å². The summed E-state index contributed by atoms with van der Waals surface area (Å²) in [6, 6.07) is 11.8. The molecule has 0 bridgehead atoms. The maximum Gasteiger partial charge on any atom is 0.254 e. The Balaban J connectivity index is 1.22. The van der Waals surface area contributed by atoms with Gasteiger partial charge in [0.25, 0.3) is 5.91 Å².